The number of carboxylic acid groups (broad SMARTS) is 1. The zero-order valence-electron chi connectivity index (χ0n) is 19.5. The third kappa shape index (κ3) is 2.79. The number of benzene rings is 1. The fourth-order valence-corrected chi connectivity index (χ4v) is 8.86. The van der Waals surface area contributed by atoms with Crippen molar-refractivity contribution in [2.75, 3.05) is 0 Å². The van der Waals surface area contributed by atoms with Crippen molar-refractivity contribution in [3.8, 4) is 0 Å². The minimum atomic E-state index is -0.927. The van der Waals surface area contributed by atoms with Crippen LogP contribution in [0.4, 0.5) is 0 Å². The number of aliphatic carboxylic acids is 1. The summed E-state index contributed by atoms with van der Waals surface area (Å²) >= 11 is 0. The molecule has 0 heterocycles. The summed E-state index contributed by atoms with van der Waals surface area (Å²) in [5.74, 6) is -1.14. The molecule has 4 fully saturated rings. The molecule has 1 spiro atoms. The number of esters is 1. The fraction of sp³-hybridized carbons (Fsp3) is 0.704. The SMILES string of the molecule is C[C@@]12CC[C@]3(C1)C(C[C@H]2O)C[C@@H](OC(=O)c1ccccc1)[C@H]1[C@](C)(C(=O)O)CCC[C@@]13C. The highest BCUT2D eigenvalue weighted by molar-refractivity contribution is 5.89. The molecule has 0 aromatic heterocycles. The number of fused-ring (bicyclic) bond motifs is 2. The van der Waals surface area contributed by atoms with Gasteiger partial charge in [0.05, 0.1) is 17.1 Å². The van der Waals surface area contributed by atoms with E-state index in [0.29, 0.717) is 18.4 Å². The number of aliphatic hydroxyl groups excluding tert-OH is 1. The van der Waals surface area contributed by atoms with Crippen molar-refractivity contribution in [3.05, 3.63) is 35.9 Å². The van der Waals surface area contributed by atoms with Crippen LogP contribution in [0.25, 0.3) is 0 Å². The van der Waals surface area contributed by atoms with Crippen molar-refractivity contribution in [1.82, 2.24) is 0 Å². The standard InChI is InChI=1S/C27H36O5/c1-24-12-13-27(16-24)18(15-20(24)28)14-19(32-22(29)17-8-5-4-6-9-17)21-25(2,23(30)31)10-7-11-26(21,27)3/h4-6,8-9,18-21,28H,7,10-16H2,1-3H3,(H,30,31)/t18?,19-,20-,21+,24-,25-,26+,27+/m1/s1. The molecule has 0 aliphatic heterocycles. The number of hydrogen-bond donors (Lipinski definition) is 2. The average Bonchev–Trinajstić information content (AvgIpc) is 3.08. The van der Waals surface area contributed by atoms with Crippen molar-refractivity contribution in [2.24, 2.45) is 33.5 Å². The van der Waals surface area contributed by atoms with Gasteiger partial charge in [-0.05, 0) is 86.2 Å². The second-order valence-electron chi connectivity index (χ2n) is 12.0. The van der Waals surface area contributed by atoms with Gasteiger partial charge in [0.2, 0.25) is 0 Å². The zero-order valence-corrected chi connectivity index (χ0v) is 19.5. The summed E-state index contributed by atoms with van der Waals surface area (Å²) in [7, 11) is 0. The first-order chi connectivity index (χ1) is 15.1. The highest BCUT2D eigenvalue weighted by atomic mass is 16.5. The van der Waals surface area contributed by atoms with Crippen molar-refractivity contribution >= 4 is 11.9 Å². The molecule has 8 atom stereocenters. The molecule has 4 aliphatic carbocycles. The lowest BCUT2D eigenvalue weighted by molar-refractivity contribution is -0.233. The predicted octanol–water partition coefficient (Wildman–Crippen LogP) is 5.07. The number of aliphatic hydroxyl groups is 1. The largest absolute Gasteiger partial charge is 0.481 e. The molecule has 174 valence electrons. The van der Waals surface area contributed by atoms with E-state index in [0.717, 1.165) is 38.5 Å². The second-order valence-corrected chi connectivity index (χ2v) is 12.0. The van der Waals surface area contributed by atoms with Gasteiger partial charge in [-0.15, -0.1) is 0 Å². The Hall–Kier alpha value is -1.88. The van der Waals surface area contributed by atoms with Crippen molar-refractivity contribution < 1.29 is 24.5 Å². The number of carbonyl (C=O) groups excluding carboxylic acids is 1. The van der Waals surface area contributed by atoms with Gasteiger partial charge in [-0.25, -0.2) is 4.79 Å². The van der Waals surface area contributed by atoms with E-state index in [1.54, 1.807) is 12.1 Å². The van der Waals surface area contributed by atoms with Gasteiger partial charge >= 0.3 is 11.9 Å². The minimum absolute atomic E-state index is 0.0123. The highest BCUT2D eigenvalue weighted by Gasteiger charge is 2.73. The van der Waals surface area contributed by atoms with Crippen LogP contribution in [-0.2, 0) is 9.53 Å². The first-order valence-electron chi connectivity index (χ1n) is 12.2. The summed E-state index contributed by atoms with van der Waals surface area (Å²) in [5, 5.41) is 21.4. The zero-order chi connectivity index (χ0) is 22.9. The van der Waals surface area contributed by atoms with Crippen molar-refractivity contribution in [2.45, 2.75) is 84.3 Å². The number of carboxylic acids is 1. The molecule has 0 saturated heterocycles. The first kappa shape index (κ1) is 21.9. The smallest absolute Gasteiger partial charge is 0.338 e. The number of carbonyl (C=O) groups is 2. The van der Waals surface area contributed by atoms with E-state index in [2.05, 4.69) is 13.8 Å². The Morgan fingerprint density at radius 3 is 2.41 bits per heavy atom. The Balaban J connectivity index is 1.59. The molecular formula is C27H36O5. The van der Waals surface area contributed by atoms with E-state index in [1.165, 1.54) is 0 Å². The van der Waals surface area contributed by atoms with Crippen LogP contribution in [-0.4, -0.2) is 34.4 Å². The van der Waals surface area contributed by atoms with E-state index < -0.39 is 17.5 Å². The molecule has 1 aromatic rings. The quantitative estimate of drug-likeness (QED) is 0.641. The molecule has 5 rings (SSSR count). The van der Waals surface area contributed by atoms with Crippen molar-refractivity contribution in [3.63, 3.8) is 0 Å². The maximum absolute atomic E-state index is 13.1. The molecule has 5 nitrogen and oxygen atoms in total. The molecule has 5 heteroatoms. The summed E-state index contributed by atoms with van der Waals surface area (Å²) in [6.45, 7) is 6.38. The van der Waals surface area contributed by atoms with Crippen molar-refractivity contribution in [1.29, 1.82) is 0 Å². The van der Waals surface area contributed by atoms with Crippen LogP contribution in [0.5, 0.6) is 0 Å². The van der Waals surface area contributed by atoms with Crippen LogP contribution < -0.4 is 0 Å². The number of hydrogen-bond acceptors (Lipinski definition) is 4. The second kappa shape index (κ2) is 7.06. The van der Waals surface area contributed by atoms with Crippen LogP contribution in [0.15, 0.2) is 30.3 Å². The molecule has 1 unspecified atom stereocenters. The van der Waals surface area contributed by atoms with Gasteiger partial charge in [-0.3, -0.25) is 4.79 Å². The van der Waals surface area contributed by atoms with Gasteiger partial charge in [-0.2, -0.15) is 0 Å². The molecule has 1 aromatic carbocycles. The van der Waals surface area contributed by atoms with Crippen LogP contribution in [0, 0.1) is 33.5 Å². The summed E-state index contributed by atoms with van der Waals surface area (Å²) in [6.07, 6.45) is 6.00. The average molecular weight is 441 g/mol. The Morgan fingerprint density at radius 2 is 1.72 bits per heavy atom. The Morgan fingerprint density at radius 1 is 1.00 bits per heavy atom. The molecule has 4 saturated carbocycles. The third-order valence-electron chi connectivity index (χ3n) is 10.5. The van der Waals surface area contributed by atoms with Crippen LogP contribution >= 0.6 is 0 Å². The lowest BCUT2D eigenvalue weighted by Gasteiger charge is -2.67. The molecule has 2 bridgehead atoms. The monoisotopic (exact) mass is 440 g/mol. The summed E-state index contributed by atoms with van der Waals surface area (Å²) in [4.78, 5) is 25.8. The third-order valence-corrected chi connectivity index (χ3v) is 10.5. The van der Waals surface area contributed by atoms with E-state index in [1.807, 2.05) is 25.1 Å². The lowest BCUT2D eigenvalue weighted by atomic mass is 9.37. The van der Waals surface area contributed by atoms with Crippen LogP contribution in [0.2, 0.25) is 0 Å². The molecule has 4 aliphatic rings. The molecule has 2 N–H and O–H groups in total. The Bertz CT molecular complexity index is 929. The first-order valence-corrected chi connectivity index (χ1v) is 12.2. The minimum Gasteiger partial charge on any atom is -0.481 e. The van der Waals surface area contributed by atoms with Crippen LogP contribution in [0.3, 0.4) is 0 Å². The molecule has 0 amide bonds. The van der Waals surface area contributed by atoms with E-state index >= 15 is 0 Å². The summed E-state index contributed by atoms with van der Waals surface area (Å²) in [5.41, 5.74) is -0.739. The maximum Gasteiger partial charge on any atom is 0.338 e. The molecule has 0 radical (unpaired) electrons. The number of ether oxygens (including phenoxy) is 1. The van der Waals surface area contributed by atoms with Gasteiger partial charge in [0.15, 0.2) is 0 Å². The van der Waals surface area contributed by atoms with Gasteiger partial charge < -0.3 is 14.9 Å². The van der Waals surface area contributed by atoms with Gasteiger partial charge in [0, 0.05) is 5.92 Å². The molecular weight excluding hydrogens is 404 g/mol. The topological polar surface area (TPSA) is 83.8 Å². The van der Waals surface area contributed by atoms with Gasteiger partial charge in [-0.1, -0.05) is 38.5 Å². The van der Waals surface area contributed by atoms with E-state index in [9.17, 15) is 19.8 Å². The molecule has 32 heavy (non-hydrogen) atoms. The highest BCUT2D eigenvalue weighted by Crippen LogP contribution is 2.76. The van der Waals surface area contributed by atoms with Gasteiger partial charge in [0.25, 0.3) is 0 Å². The summed E-state index contributed by atoms with van der Waals surface area (Å²) < 4.78 is 6.19. The Labute approximate surface area is 190 Å². The van der Waals surface area contributed by atoms with Gasteiger partial charge in [0.1, 0.15) is 6.10 Å². The number of rotatable bonds is 3. The van der Waals surface area contributed by atoms with Crippen LogP contribution in [0.1, 0.15) is 82.5 Å². The lowest BCUT2D eigenvalue weighted by Crippen LogP contribution is -2.66. The normalized spacial score (nSPS) is 47.2. The van der Waals surface area contributed by atoms with E-state index in [-0.39, 0.29) is 40.2 Å². The fourth-order valence-electron chi connectivity index (χ4n) is 8.86. The summed E-state index contributed by atoms with van der Waals surface area (Å²) in [6, 6.07) is 8.98. The predicted molar refractivity (Wildman–Crippen MR) is 120 cm³/mol. The Kier molecular flexibility index (Phi) is 4.84. The van der Waals surface area contributed by atoms with E-state index in [4.69, 9.17) is 4.74 Å². The maximum atomic E-state index is 13.1.